The predicted molar refractivity (Wildman–Crippen MR) is 65.0 cm³/mol. The first-order valence-electron chi connectivity index (χ1n) is 5.46. The van der Waals surface area contributed by atoms with Crippen molar-refractivity contribution < 1.29 is 28.7 Å². The maximum Gasteiger partial charge on any atom is 0.412 e. The van der Waals surface area contributed by atoms with Crippen LogP contribution in [0.3, 0.4) is 0 Å². The van der Waals surface area contributed by atoms with E-state index in [1.165, 1.54) is 0 Å². The van der Waals surface area contributed by atoms with Crippen molar-refractivity contribution in [3.63, 3.8) is 0 Å². The molecule has 1 rings (SSSR count). The van der Waals surface area contributed by atoms with Crippen LogP contribution < -0.4 is 11.5 Å². The van der Waals surface area contributed by atoms with Crippen molar-refractivity contribution in [2.24, 2.45) is 17.4 Å². The maximum atomic E-state index is 11.6. The van der Waals surface area contributed by atoms with E-state index in [0.29, 0.717) is 5.56 Å². The van der Waals surface area contributed by atoms with Gasteiger partial charge in [0.15, 0.2) is 5.92 Å². The summed E-state index contributed by atoms with van der Waals surface area (Å²) in [4.78, 5) is 44.3. The van der Waals surface area contributed by atoms with E-state index in [2.05, 4.69) is 9.47 Å². The number of carbonyl (C=O) groups is 4. The summed E-state index contributed by atoms with van der Waals surface area (Å²) >= 11 is 0. The lowest BCUT2D eigenvalue weighted by Crippen LogP contribution is -2.34. The molecule has 0 heterocycles. The van der Waals surface area contributed by atoms with Gasteiger partial charge in [-0.25, -0.2) is 9.59 Å². The Kier molecular flexibility index (Phi) is 5.21. The highest BCUT2D eigenvalue weighted by atomic mass is 16.6. The third-order valence-corrected chi connectivity index (χ3v) is 2.25. The van der Waals surface area contributed by atoms with Gasteiger partial charge >= 0.3 is 24.1 Å². The van der Waals surface area contributed by atoms with E-state index in [1.807, 2.05) is 0 Å². The van der Waals surface area contributed by atoms with Gasteiger partial charge in [-0.15, -0.1) is 0 Å². The molecule has 0 aliphatic rings. The SMILES string of the molecule is NC(=O)OC(=O)C(Cc1ccccc1)C(=O)OC(N)=O. The van der Waals surface area contributed by atoms with Crippen LogP contribution in [0.15, 0.2) is 30.3 Å². The number of ether oxygens (including phenoxy) is 2. The van der Waals surface area contributed by atoms with E-state index < -0.39 is 30.0 Å². The molecule has 0 atom stereocenters. The summed E-state index contributed by atoms with van der Waals surface area (Å²) in [6, 6.07) is 8.39. The van der Waals surface area contributed by atoms with Crippen LogP contribution in [0.4, 0.5) is 9.59 Å². The average Bonchev–Trinajstić information content (AvgIpc) is 2.35. The lowest BCUT2D eigenvalue weighted by Gasteiger charge is -2.12. The summed E-state index contributed by atoms with van der Waals surface area (Å²) in [6.07, 6.45) is -2.85. The molecule has 4 N–H and O–H groups in total. The molecule has 0 bridgehead atoms. The van der Waals surface area contributed by atoms with Crippen molar-refractivity contribution in [2.45, 2.75) is 6.42 Å². The second-order valence-corrected chi connectivity index (χ2v) is 3.72. The monoisotopic (exact) mass is 280 g/mol. The topological polar surface area (TPSA) is 139 Å². The Labute approximate surface area is 113 Å². The Morgan fingerprint density at radius 2 is 1.35 bits per heavy atom. The normalized spacial score (nSPS) is 9.85. The molecule has 106 valence electrons. The predicted octanol–water partition coefficient (Wildman–Crippen LogP) is 0.0891. The van der Waals surface area contributed by atoms with Gasteiger partial charge in [-0.05, 0) is 12.0 Å². The van der Waals surface area contributed by atoms with Crippen LogP contribution in [-0.2, 0) is 25.5 Å². The Hall–Kier alpha value is -2.90. The fourth-order valence-electron chi connectivity index (χ4n) is 1.45. The molecule has 20 heavy (non-hydrogen) atoms. The van der Waals surface area contributed by atoms with Gasteiger partial charge in [0.05, 0.1) is 0 Å². The van der Waals surface area contributed by atoms with Gasteiger partial charge in [-0.3, -0.25) is 9.59 Å². The largest absolute Gasteiger partial charge is 0.412 e. The maximum absolute atomic E-state index is 11.6. The molecule has 0 fully saturated rings. The highest BCUT2D eigenvalue weighted by Gasteiger charge is 2.32. The summed E-state index contributed by atoms with van der Waals surface area (Å²) in [7, 11) is 0. The standard InChI is InChI=1S/C12H12N2O6/c13-11(17)19-9(15)8(10(16)20-12(14)18)6-7-4-2-1-3-5-7/h1-5,8H,6H2,(H2,13,17)(H2,14,18). The summed E-state index contributed by atoms with van der Waals surface area (Å²) in [5.41, 5.74) is 10.00. The second-order valence-electron chi connectivity index (χ2n) is 3.72. The molecule has 1 aromatic rings. The molecule has 0 saturated heterocycles. The molecule has 0 aliphatic heterocycles. The summed E-state index contributed by atoms with van der Waals surface area (Å²) in [5.74, 6) is -3.95. The fraction of sp³-hybridized carbons (Fsp3) is 0.167. The number of esters is 2. The van der Waals surface area contributed by atoms with Crippen LogP contribution in [0.1, 0.15) is 5.56 Å². The van der Waals surface area contributed by atoms with E-state index in [9.17, 15) is 19.2 Å². The molecular formula is C12H12N2O6. The lowest BCUT2D eigenvalue weighted by atomic mass is 9.99. The third-order valence-electron chi connectivity index (χ3n) is 2.25. The first-order chi connectivity index (χ1) is 9.40. The average molecular weight is 280 g/mol. The van der Waals surface area contributed by atoms with E-state index >= 15 is 0 Å². The number of amides is 2. The summed E-state index contributed by atoms with van der Waals surface area (Å²) < 4.78 is 8.27. The van der Waals surface area contributed by atoms with Gasteiger partial charge in [-0.1, -0.05) is 30.3 Å². The zero-order valence-corrected chi connectivity index (χ0v) is 10.3. The van der Waals surface area contributed by atoms with Gasteiger partial charge in [-0.2, -0.15) is 0 Å². The first-order valence-corrected chi connectivity index (χ1v) is 5.46. The third kappa shape index (κ3) is 4.77. The number of benzene rings is 1. The van der Waals surface area contributed by atoms with Crippen LogP contribution in [0, 0.1) is 5.92 Å². The molecule has 0 spiro atoms. The van der Waals surface area contributed by atoms with Gasteiger partial charge in [0.2, 0.25) is 0 Å². The minimum absolute atomic E-state index is 0.126. The van der Waals surface area contributed by atoms with Crippen molar-refractivity contribution in [2.75, 3.05) is 0 Å². The number of nitrogens with two attached hydrogens (primary N) is 2. The minimum atomic E-state index is -1.52. The smallest absolute Gasteiger partial charge is 0.376 e. The van der Waals surface area contributed by atoms with Crippen LogP contribution in [0.25, 0.3) is 0 Å². The molecule has 0 aromatic heterocycles. The zero-order chi connectivity index (χ0) is 15.1. The zero-order valence-electron chi connectivity index (χ0n) is 10.3. The van der Waals surface area contributed by atoms with Crippen LogP contribution in [0.5, 0.6) is 0 Å². The highest BCUT2D eigenvalue weighted by molar-refractivity contribution is 6.01. The number of hydrogen-bond donors (Lipinski definition) is 2. The first kappa shape index (κ1) is 15.2. The number of hydrogen-bond acceptors (Lipinski definition) is 6. The van der Waals surface area contributed by atoms with Crippen LogP contribution in [-0.4, -0.2) is 24.1 Å². The van der Waals surface area contributed by atoms with Crippen molar-refractivity contribution in [1.82, 2.24) is 0 Å². The van der Waals surface area contributed by atoms with Crippen LogP contribution >= 0.6 is 0 Å². The van der Waals surface area contributed by atoms with Gasteiger partial charge < -0.3 is 20.9 Å². The van der Waals surface area contributed by atoms with Crippen LogP contribution in [0.2, 0.25) is 0 Å². The molecule has 8 heteroatoms. The van der Waals surface area contributed by atoms with Gasteiger partial charge in [0.25, 0.3) is 0 Å². The Morgan fingerprint density at radius 1 is 0.900 bits per heavy atom. The summed E-state index contributed by atoms with van der Waals surface area (Å²) in [5, 5.41) is 0. The summed E-state index contributed by atoms with van der Waals surface area (Å²) in [6.45, 7) is 0. The molecule has 0 saturated carbocycles. The van der Waals surface area contributed by atoms with Crippen molar-refractivity contribution in [3.05, 3.63) is 35.9 Å². The molecule has 0 unspecified atom stereocenters. The Balaban J connectivity index is 2.89. The molecule has 8 nitrogen and oxygen atoms in total. The Morgan fingerprint density at radius 3 is 1.75 bits per heavy atom. The lowest BCUT2D eigenvalue weighted by molar-refractivity contribution is -0.154. The number of rotatable bonds is 4. The Bertz CT molecular complexity index is 500. The van der Waals surface area contributed by atoms with E-state index in [4.69, 9.17) is 11.5 Å². The molecule has 2 amide bonds. The van der Waals surface area contributed by atoms with Crippen molar-refractivity contribution in [1.29, 1.82) is 0 Å². The van der Waals surface area contributed by atoms with E-state index in [-0.39, 0.29) is 6.42 Å². The van der Waals surface area contributed by atoms with Gasteiger partial charge in [0.1, 0.15) is 0 Å². The second kappa shape index (κ2) is 6.88. The fourth-order valence-corrected chi connectivity index (χ4v) is 1.45. The van der Waals surface area contributed by atoms with Gasteiger partial charge in [0, 0.05) is 0 Å². The molecule has 0 radical (unpaired) electrons. The molecule has 1 aromatic carbocycles. The molecular weight excluding hydrogens is 268 g/mol. The van der Waals surface area contributed by atoms with E-state index in [0.717, 1.165) is 0 Å². The van der Waals surface area contributed by atoms with Crippen molar-refractivity contribution in [3.8, 4) is 0 Å². The minimum Gasteiger partial charge on any atom is -0.376 e. The van der Waals surface area contributed by atoms with E-state index in [1.54, 1.807) is 30.3 Å². The number of primary amides is 2. The number of carbonyl (C=O) groups excluding carboxylic acids is 4. The highest BCUT2D eigenvalue weighted by Crippen LogP contribution is 2.12. The van der Waals surface area contributed by atoms with Crippen molar-refractivity contribution >= 4 is 24.1 Å². The quantitative estimate of drug-likeness (QED) is 0.591. The molecule has 0 aliphatic carbocycles.